The molecule has 12 nitrogen and oxygen atoms in total. The molecule has 0 heterocycles. The van der Waals surface area contributed by atoms with E-state index in [1.807, 2.05) is 39.5 Å². The molecule has 3 rings (SSSR count). The Bertz CT molecular complexity index is 1360. The zero-order valence-electron chi connectivity index (χ0n) is 31.4. The van der Waals surface area contributed by atoms with Gasteiger partial charge >= 0.3 is 12.1 Å². The van der Waals surface area contributed by atoms with E-state index in [1.54, 1.807) is 11.9 Å². The molecule has 49 heavy (non-hydrogen) atoms. The lowest BCUT2D eigenvalue weighted by Gasteiger charge is -2.47. The van der Waals surface area contributed by atoms with Crippen LogP contribution in [0.1, 0.15) is 120 Å². The summed E-state index contributed by atoms with van der Waals surface area (Å²) in [6, 6.07) is -1.22. The van der Waals surface area contributed by atoms with Gasteiger partial charge in [0.25, 0.3) is 18.8 Å². The number of carbonyl (C=O) groups is 3. The molecular formula is C37H58N6O6. The van der Waals surface area contributed by atoms with Gasteiger partial charge in [-0.1, -0.05) is 41.5 Å². The van der Waals surface area contributed by atoms with E-state index in [0.29, 0.717) is 64.3 Å². The monoisotopic (exact) mass is 682 g/mol. The molecular weight excluding hydrogens is 624 g/mol. The first kappa shape index (κ1) is 39.7. The maximum Gasteiger partial charge on any atom is 0.334 e. The van der Waals surface area contributed by atoms with Crippen LogP contribution in [0.25, 0.3) is 0 Å². The fourth-order valence-electron chi connectivity index (χ4n) is 10.6. The van der Waals surface area contributed by atoms with Gasteiger partial charge in [0.1, 0.15) is 16.8 Å². The van der Waals surface area contributed by atoms with Crippen molar-refractivity contribution < 1.29 is 28.6 Å². The Labute approximate surface area is 293 Å². The molecule has 3 fully saturated rings. The fraction of sp³-hybridized carbons (Fsp3) is 0.838. The second kappa shape index (κ2) is 14.6. The van der Waals surface area contributed by atoms with Crippen LogP contribution in [0.4, 0.5) is 9.59 Å². The van der Waals surface area contributed by atoms with Crippen LogP contribution in [0.3, 0.4) is 0 Å². The van der Waals surface area contributed by atoms with E-state index in [1.165, 1.54) is 4.90 Å². The van der Waals surface area contributed by atoms with Gasteiger partial charge < -0.3 is 19.1 Å². The quantitative estimate of drug-likeness (QED) is 0.172. The molecule has 6 atom stereocenters. The van der Waals surface area contributed by atoms with Crippen LogP contribution in [0, 0.1) is 68.6 Å². The number of nitriles is 3. The number of imide groups is 2. The van der Waals surface area contributed by atoms with Crippen molar-refractivity contribution >= 4 is 18.5 Å². The van der Waals surface area contributed by atoms with E-state index in [9.17, 15) is 30.2 Å². The van der Waals surface area contributed by atoms with E-state index in [0.717, 1.165) is 11.3 Å². The van der Waals surface area contributed by atoms with Gasteiger partial charge in [0.2, 0.25) is 6.41 Å². The first-order valence-corrected chi connectivity index (χ1v) is 17.5. The molecule has 0 aromatic heterocycles. The molecule has 3 aliphatic rings. The standard InChI is InChI=1S/C37H58N6O6/c1-32(2)11-27(14-35(7,20-32)47-23-38)17-41(10)30(45)43(19-29-13-34(5,6)22-37(9,16-29)49-25-40)31(46)42(26-44)18-28-12-33(3,4)21-36(8,15-28)48-24-39/h26-29H,11-22H2,1-10H3. The molecule has 0 saturated heterocycles. The van der Waals surface area contributed by atoms with E-state index < -0.39 is 28.9 Å². The molecule has 0 radical (unpaired) electrons. The van der Waals surface area contributed by atoms with E-state index in [2.05, 4.69) is 41.5 Å². The summed E-state index contributed by atoms with van der Waals surface area (Å²) < 4.78 is 16.5. The van der Waals surface area contributed by atoms with Gasteiger partial charge in [-0.25, -0.2) is 14.5 Å². The third-order valence-corrected chi connectivity index (χ3v) is 10.7. The Hall–Kier alpha value is -3.72. The van der Waals surface area contributed by atoms with E-state index >= 15 is 0 Å². The lowest BCUT2D eigenvalue weighted by Crippen LogP contribution is -2.56. The summed E-state index contributed by atoms with van der Waals surface area (Å²) in [7, 11) is 1.67. The van der Waals surface area contributed by atoms with Crippen molar-refractivity contribution in [2.24, 2.45) is 34.0 Å². The van der Waals surface area contributed by atoms with Gasteiger partial charge in [0, 0.05) is 26.7 Å². The number of carbonyl (C=O) groups excluding carboxylic acids is 3. The number of urea groups is 2. The Balaban J connectivity index is 1.92. The maximum atomic E-state index is 14.4. The minimum absolute atomic E-state index is 0.0124. The summed E-state index contributed by atoms with van der Waals surface area (Å²) in [5.74, 6) is -0.314. The Morgan fingerprint density at radius 3 is 1.31 bits per heavy atom. The third-order valence-electron chi connectivity index (χ3n) is 10.7. The zero-order valence-corrected chi connectivity index (χ0v) is 31.4. The van der Waals surface area contributed by atoms with Crippen molar-refractivity contribution in [1.29, 1.82) is 15.8 Å². The zero-order chi connectivity index (χ0) is 37.1. The van der Waals surface area contributed by atoms with Gasteiger partial charge in [-0.2, -0.15) is 15.8 Å². The normalized spacial score (nSPS) is 32.9. The SMILES string of the molecule is CN(CC1CC(C)(C)CC(C)(OC#N)C1)C(=O)N(CC1CC(C)(C)CC(C)(OC#N)C1)C(=O)N(C=O)CC1CC(C)(C)CC(C)(OC#N)C1. The Morgan fingerprint density at radius 1 is 0.612 bits per heavy atom. The van der Waals surface area contributed by atoms with Crippen molar-refractivity contribution in [2.75, 3.05) is 26.7 Å². The number of hydrogen-bond acceptors (Lipinski definition) is 9. The van der Waals surface area contributed by atoms with Crippen LogP contribution in [0.5, 0.6) is 0 Å². The molecule has 3 saturated carbocycles. The highest BCUT2D eigenvalue weighted by Crippen LogP contribution is 2.48. The summed E-state index contributed by atoms with van der Waals surface area (Å²) in [4.78, 5) is 45.3. The van der Waals surface area contributed by atoms with Crippen molar-refractivity contribution in [3.8, 4) is 18.8 Å². The van der Waals surface area contributed by atoms with E-state index in [-0.39, 0.29) is 47.1 Å². The molecule has 0 aliphatic heterocycles. The third kappa shape index (κ3) is 10.6. The van der Waals surface area contributed by atoms with Crippen molar-refractivity contribution in [3.63, 3.8) is 0 Å². The number of ether oxygens (including phenoxy) is 3. The Kier molecular flexibility index (Phi) is 11.9. The van der Waals surface area contributed by atoms with Crippen LogP contribution in [0.15, 0.2) is 0 Å². The second-order valence-electron chi connectivity index (χ2n) is 18.6. The van der Waals surface area contributed by atoms with Crippen LogP contribution in [-0.2, 0) is 19.0 Å². The molecule has 3 aliphatic carbocycles. The van der Waals surface area contributed by atoms with Crippen LogP contribution in [-0.4, -0.2) is 76.7 Å². The molecule has 5 amide bonds. The number of hydrogen-bond donors (Lipinski definition) is 0. The average Bonchev–Trinajstić information content (AvgIpc) is 2.90. The maximum absolute atomic E-state index is 14.4. The first-order valence-electron chi connectivity index (χ1n) is 17.5. The topological polar surface area (TPSA) is 160 Å². The summed E-state index contributed by atoms with van der Waals surface area (Å²) >= 11 is 0. The largest absolute Gasteiger partial charge is 0.421 e. The van der Waals surface area contributed by atoms with Gasteiger partial charge in [-0.05, 0) is 113 Å². The molecule has 0 aromatic rings. The van der Waals surface area contributed by atoms with Crippen LogP contribution >= 0.6 is 0 Å². The first-order chi connectivity index (χ1) is 22.5. The fourth-order valence-corrected chi connectivity index (χ4v) is 10.6. The molecule has 0 spiro atoms. The van der Waals surface area contributed by atoms with Crippen molar-refractivity contribution in [3.05, 3.63) is 0 Å². The minimum atomic E-state index is -0.757. The highest BCUT2D eigenvalue weighted by Gasteiger charge is 2.48. The van der Waals surface area contributed by atoms with Crippen LogP contribution < -0.4 is 0 Å². The Morgan fingerprint density at radius 2 is 0.959 bits per heavy atom. The van der Waals surface area contributed by atoms with Gasteiger partial charge in [0.05, 0.1) is 0 Å². The van der Waals surface area contributed by atoms with Gasteiger partial charge in [-0.15, -0.1) is 0 Å². The average molecular weight is 683 g/mol. The molecule has 0 aromatic carbocycles. The second-order valence-corrected chi connectivity index (χ2v) is 18.6. The smallest absolute Gasteiger partial charge is 0.334 e. The van der Waals surface area contributed by atoms with E-state index in [4.69, 9.17) is 14.2 Å². The highest BCUT2D eigenvalue weighted by atomic mass is 16.5. The number of amides is 5. The molecule has 272 valence electrons. The van der Waals surface area contributed by atoms with Crippen LogP contribution in [0.2, 0.25) is 0 Å². The molecule has 6 unspecified atom stereocenters. The summed E-state index contributed by atoms with van der Waals surface area (Å²) in [5, 5.41) is 28.0. The number of nitrogens with zero attached hydrogens (tertiary/aromatic N) is 6. The number of rotatable bonds is 10. The lowest BCUT2D eigenvalue weighted by molar-refractivity contribution is -0.118. The van der Waals surface area contributed by atoms with Gasteiger partial charge in [0.15, 0.2) is 0 Å². The van der Waals surface area contributed by atoms with Crippen molar-refractivity contribution in [2.45, 2.75) is 137 Å². The minimum Gasteiger partial charge on any atom is -0.421 e. The predicted molar refractivity (Wildman–Crippen MR) is 182 cm³/mol. The molecule has 12 heteroatoms. The van der Waals surface area contributed by atoms with Crippen molar-refractivity contribution in [1.82, 2.24) is 14.7 Å². The summed E-state index contributed by atoms with van der Waals surface area (Å²) in [6.07, 6.45) is 11.8. The predicted octanol–water partition coefficient (Wildman–Crippen LogP) is 7.17. The highest BCUT2D eigenvalue weighted by molar-refractivity contribution is 5.97. The molecule has 0 bridgehead atoms. The lowest BCUT2D eigenvalue weighted by atomic mass is 9.65. The summed E-state index contributed by atoms with van der Waals surface area (Å²) in [5.41, 5.74) is -2.69. The molecule has 0 N–H and O–H groups in total. The summed E-state index contributed by atoms with van der Waals surface area (Å²) in [6.45, 7) is 18.8. The van der Waals surface area contributed by atoms with Gasteiger partial charge in [-0.3, -0.25) is 9.69 Å².